The topological polar surface area (TPSA) is 144 Å². The largest absolute Gasteiger partial charge is 0.463 e. The number of rotatable bonds is 4. The Morgan fingerprint density at radius 3 is 2.92 bits per heavy atom. The van der Waals surface area contributed by atoms with E-state index in [0.717, 1.165) is 0 Å². The van der Waals surface area contributed by atoms with Gasteiger partial charge in [0, 0.05) is 6.20 Å². The molecule has 0 unspecified atom stereocenters. The van der Waals surface area contributed by atoms with Crippen LogP contribution in [-0.4, -0.2) is 36.4 Å². The average molecular weight is 337 g/mol. The molecule has 0 aromatic carbocycles. The van der Waals surface area contributed by atoms with Crippen LogP contribution in [0.2, 0.25) is 0 Å². The summed E-state index contributed by atoms with van der Waals surface area (Å²) in [6, 6.07) is 4.92. The second-order valence-electron chi connectivity index (χ2n) is 5.10. The van der Waals surface area contributed by atoms with Crippen molar-refractivity contribution in [2.75, 3.05) is 5.32 Å². The summed E-state index contributed by atoms with van der Waals surface area (Å²) in [7, 11) is 0. The normalized spacial score (nSPS) is 10.9. The SMILES string of the molecule is NC(=O)c1ncn2c(C(=O)Nc3cn[nH]c3)cc(-c3ccco3)nc12. The summed E-state index contributed by atoms with van der Waals surface area (Å²) in [4.78, 5) is 32.5. The number of aromatic amines is 1. The molecule has 0 aliphatic carbocycles. The third kappa shape index (κ3) is 2.51. The fourth-order valence-electron chi connectivity index (χ4n) is 2.38. The van der Waals surface area contributed by atoms with Crippen LogP contribution in [-0.2, 0) is 0 Å². The lowest BCUT2D eigenvalue weighted by molar-refractivity contribution is 0.0993. The number of primary amides is 1. The lowest BCUT2D eigenvalue weighted by Gasteiger charge is -2.08. The first-order valence-corrected chi connectivity index (χ1v) is 7.15. The highest BCUT2D eigenvalue weighted by Crippen LogP contribution is 2.22. The van der Waals surface area contributed by atoms with Gasteiger partial charge in [0.25, 0.3) is 11.8 Å². The number of carbonyl (C=O) groups is 2. The average Bonchev–Trinajstić information content (AvgIpc) is 3.34. The van der Waals surface area contributed by atoms with Gasteiger partial charge in [-0.2, -0.15) is 5.10 Å². The molecule has 4 heterocycles. The van der Waals surface area contributed by atoms with Crippen molar-refractivity contribution in [2.24, 2.45) is 5.73 Å². The maximum absolute atomic E-state index is 12.7. The maximum Gasteiger partial charge on any atom is 0.272 e. The number of imidazole rings is 1. The van der Waals surface area contributed by atoms with E-state index >= 15 is 0 Å². The molecule has 0 radical (unpaired) electrons. The van der Waals surface area contributed by atoms with Crippen LogP contribution < -0.4 is 11.1 Å². The van der Waals surface area contributed by atoms with Gasteiger partial charge in [-0.15, -0.1) is 0 Å². The molecule has 0 fully saturated rings. The molecule has 2 amide bonds. The van der Waals surface area contributed by atoms with Crippen molar-refractivity contribution in [1.29, 1.82) is 0 Å². The molecule has 4 aromatic rings. The van der Waals surface area contributed by atoms with Crippen molar-refractivity contribution in [3.05, 3.63) is 54.6 Å². The fraction of sp³-hybridized carbons (Fsp3) is 0. The fourth-order valence-corrected chi connectivity index (χ4v) is 2.38. The number of aromatic nitrogens is 5. The summed E-state index contributed by atoms with van der Waals surface area (Å²) >= 11 is 0. The lowest BCUT2D eigenvalue weighted by Crippen LogP contribution is -2.17. The first-order valence-electron chi connectivity index (χ1n) is 7.15. The zero-order valence-corrected chi connectivity index (χ0v) is 12.6. The number of nitrogens with zero attached hydrogens (tertiary/aromatic N) is 4. The van der Waals surface area contributed by atoms with Gasteiger partial charge in [0.1, 0.15) is 17.7 Å². The summed E-state index contributed by atoms with van der Waals surface area (Å²) in [5.41, 5.74) is 6.54. The minimum Gasteiger partial charge on any atom is -0.463 e. The Balaban J connectivity index is 1.89. The summed E-state index contributed by atoms with van der Waals surface area (Å²) in [5.74, 6) is -0.737. The third-order valence-corrected chi connectivity index (χ3v) is 3.50. The van der Waals surface area contributed by atoms with Gasteiger partial charge in [0.2, 0.25) is 0 Å². The molecule has 0 saturated heterocycles. The highest BCUT2D eigenvalue weighted by atomic mass is 16.3. The lowest BCUT2D eigenvalue weighted by atomic mass is 10.2. The molecular weight excluding hydrogens is 326 g/mol. The van der Waals surface area contributed by atoms with E-state index in [4.69, 9.17) is 10.2 Å². The van der Waals surface area contributed by atoms with Crippen LogP contribution in [0.5, 0.6) is 0 Å². The predicted octanol–water partition coefficient (Wildman–Crippen LogP) is 1.06. The van der Waals surface area contributed by atoms with Gasteiger partial charge >= 0.3 is 0 Å². The van der Waals surface area contributed by atoms with Crippen molar-refractivity contribution in [2.45, 2.75) is 0 Å². The molecule has 4 N–H and O–H groups in total. The van der Waals surface area contributed by atoms with Crippen LogP contribution in [0.1, 0.15) is 21.0 Å². The number of hydrogen-bond donors (Lipinski definition) is 3. The van der Waals surface area contributed by atoms with E-state index in [2.05, 4.69) is 25.5 Å². The van der Waals surface area contributed by atoms with Gasteiger partial charge in [-0.25, -0.2) is 9.97 Å². The van der Waals surface area contributed by atoms with Gasteiger partial charge in [0.15, 0.2) is 17.1 Å². The zero-order valence-electron chi connectivity index (χ0n) is 12.6. The van der Waals surface area contributed by atoms with E-state index in [0.29, 0.717) is 17.1 Å². The number of hydrogen-bond acceptors (Lipinski definition) is 6. The van der Waals surface area contributed by atoms with Crippen LogP contribution in [0.25, 0.3) is 17.1 Å². The van der Waals surface area contributed by atoms with Crippen molar-refractivity contribution in [3.63, 3.8) is 0 Å². The predicted molar refractivity (Wildman–Crippen MR) is 85.7 cm³/mol. The highest BCUT2D eigenvalue weighted by molar-refractivity contribution is 6.05. The maximum atomic E-state index is 12.7. The van der Waals surface area contributed by atoms with Crippen LogP contribution in [0.4, 0.5) is 5.69 Å². The van der Waals surface area contributed by atoms with Gasteiger partial charge in [0.05, 0.1) is 18.1 Å². The molecule has 4 rings (SSSR count). The van der Waals surface area contributed by atoms with Gasteiger partial charge in [-0.05, 0) is 18.2 Å². The van der Waals surface area contributed by atoms with Crippen molar-refractivity contribution in [3.8, 4) is 11.5 Å². The minimum atomic E-state index is -0.743. The number of anilines is 1. The molecule has 0 spiro atoms. The molecule has 0 bridgehead atoms. The monoisotopic (exact) mass is 337 g/mol. The number of fused-ring (bicyclic) bond motifs is 1. The van der Waals surface area contributed by atoms with E-state index in [1.165, 1.54) is 35.5 Å². The Kier molecular flexibility index (Phi) is 3.28. The number of amides is 2. The quantitative estimate of drug-likeness (QED) is 0.508. The summed E-state index contributed by atoms with van der Waals surface area (Å²) in [6.07, 6.45) is 5.80. The van der Waals surface area contributed by atoms with Crippen LogP contribution in [0.3, 0.4) is 0 Å². The molecule has 4 aromatic heterocycles. The van der Waals surface area contributed by atoms with Gasteiger partial charge in [-0.3, -0.25) is 19.1 Å². The Morgan fingerprint density at radius 1 is 1.36 bits per heavy atom. The number of H-pyrrole nitrogens is 1. The molecule has 0 aliphatic rings. The van der Waals surface area contributed by atoms with E-state index in [1.54, 1.807) is 12.1 Å². The molecule has 25 heavy (non-hydrogen) atoms. The zero-order chi connectivity index (χ0) is 17.4. The Hall–Kier alpha value is -3.95. The Morgan fingerprint density at radius 2 is 2.24 bits per heavy atom. The first kappa shape index (κ1) is 14.6. The van der Waals surface area contributed by atoms with Crippen molar-refractivity contribution < 1.29 is 14.0 Å². The summed E-state index contributed by atoms with van der Waals surface area (Å²) in [6.45, 7) is 0. The van der Waals surface area contributed by atoms with E-state index in [-0.39, 0.29) is 17.0 Å². The van der Waals surface area contributed by atoms with Crippen LogP contribution in [0, 0.1) is 0 Å². The number of nitrogens with one attached hydrogen (secondary N) is 2. The molecule has 10 nitrogen and oxygen atoms in total. The molecular formula is C15H11N7O3. The summed E-state index contributed by atoms with van der Waals surface area (Å²) < 4.78 is 6.72. The number of furan rings is 1. The standard InChI is InChI=1S/C15H11N7O3/c16-13(23)12-14-21-9(11-2-1-3-25-11)4-10(22(14)7-17-12)15(24)20-8-5-18-19-6-8/h1-7H,(H2,16,23)(H,18,19)(H,20,24). The highest BCUT2D eigenvalue weighted by Gasteiger charge is 2.20. The second kappa shape index (κ2) is 5.60. The van der Waals surface area contributed by atoms with Crippen molar-refractivity contribution in [1.82, 2.24) is 24.6 Å². The third-order valence-electron chi connectivity index (χ3n) is 3.50. The molecule has 0 atom stereocenters. The number of carbonyl (C=O) groups excluding carboxylic acids is 2. The smallest absolute Gasteiger partial charge is 0.272 e. The molecule has 10 heteroatoms. The molecule has 124 valence electrons. The minimum absolute atomic E-state index is 0.0363. The Labute approximate surface area is 139 Å². The van der Waals surface area contributed by atoms with Crippen molar-refractivity contribution >= 4 is 23.1 Å². The summed E-state index contributed by atoms with van der Waals surface area (Å²) in [5, 5.41) is 9.06. The van der Waals surface area contributed by atoms with E-state index in [1.807, 2.05) is 0 Å². The second-order valence-corrected chi connectivity index (χ2v) is 5.10. The van der Waals surface area contributed by atoms with Gasteiger partial charge in [-0.1, -0.05) is 0 Å². The molecule has 0 aliphatic heterocycles. The van der Waals surface area contributed by atoms with E-state index in [9.17, 15) is 9.59 Å². The van der Waals surface area contributed by atoms with Crippen LogP contribution >= 0.6 is 0 Å². The molecule has 0 saturated carbocycles. The van der Waals surface area contributed by atoms with E-state index < -0.39 is 11.8 Å². The first-order chi connectivity index (χ1) is 12.1. The van der Waals surface area contributed by atoms with Gasteiger partial charge < -0.3 is 15.5 Å². The number of nitrogens with two attached hydrogens (primary N) is 1. The Bertz CT molecular complexity index is 1060. The van der Waals surface area contributed by atoms with Crippen LogP contribution in [0.15, 0.2) is 47.6 Å².